The fourth-order valence-corrected chi connectivity index (χ4v) is 1.40. The minimum atomic E-state index is -0.885. The topological polar surface area (TPSA) is 66.4 Å². The van der Waals surface area contributed by atoms with Gasteiger partial charge in [0.15, 0.2) is 6.29 Å². The van der Waals surface area contributed by atoms with Crippen LogP contribution in [0.5, 0.6) is 0 Å². The van der Waals surface area contributed by atoms with E-state index in [0.717, 1.165) is 0 Å². The fourth-order valence-electron chi connectivity index (χ4n) is 1.40. The lowest BCUT2D eigenvalue weighted by molar-refractivity contribution is -0.151. The summed E-state index contributed by atoms with van der Waals surface area (Å²) in [5, 5.41) is 9.49. The molecule has 1 saturated heterocycles. The van der Waals surface area contributed by atoms with Gasteiger partial charge in [0.05, 0.1) is 59.5 Å². The van der Waals surface area contributed by atoms with E-state index in [1.807, 2.05) is 6.92 Å². The third-order valence-electron chi connectivity index (χ3n) is 2.35. The van der Waals surface area contributed by atoms with Crippen LogP contribution in [0.4, 0.5) is 0 Å². The van der Waals surface area contributed by atoms with Crippen molar-refractivity contribution in [2.45, 2.75) is 13.2 Å². The van der Waals surface area contributed by atoms with Gasteiger partial charge in [-0.05, 0) is 0 Å². The predicted octanol–water partition coefficient (Wildman–Crippen LogP) is 0.0375. The summed E-state index contributed by atoms with van der Waals surface area (Å²) in [6.45, 7) is 6.37. The van der Waals surface area contributed by atoms with Crippen LogP contribution in [0.25, 0.3) is 0 Å². The molecule has 0 saturated carbocycles. The van der Waals surface area contributed by atoms with Crippen molar-refractivity contribution in [1.82, 2.24) is 0 Å². The van der Waals surface area contributed by atoms with Crippen LogP contribution in [0.3, 0.4) is 0 Å². The number of aliphatic hydroxyl groups excluding tert-OH is 1. The molecule has 2 atom stereocenters. The Bertz CT molecular complexity index is 169. The molecule has 1 aliphatic rings. The van der Waals surface area contributed by atoms with E-state index in [2.05, 4.69) is 0 Å². The summed E-state index contributed by atoms with van der Waals surface area (Å²) in [4.78, 5) is 0. The lowest BCUT2D eigenvalue weighted by atomic mass is 10.2. The van der Waals surface area contributed by atoms with Gasteiger partial charge in [-0.25, -0.2) is 0 Å². The van der Waals surface area contributed by atoms with Gasteiger partial charge in [0.1, 0.15) is 0 Å². The Morgan fingerprint density at radius 3 is 1.83 bits per heavy atom. The molecule has 0 aromatic rings. The maximum absolute atomic E-state index is 9.49. The van der Waals surface area contributed by atoms with Crippen molar-refractivity contribution in [1.29, 1.82) is 0 Å². The van der Waals surface area contributed by atoms with Crippen LogP contribution in [0.15, 0.2) is 0 Å². The SMILES string of the molecule is CC1COCCOCCOCCOCC(O)OC1. The van der Waals surface area contributed by atoms with Crippen molar-refractivity contribution in [3.05, 3.63) is 0 Å². The zero-order valence-corrected chi connectivity index (χ0v) is 11.0. The Kier molecular flexibility index (Phi) is 9.37. The first kappa shape index (κ1) is 15.8. The van der Waals surface area contributed by atoms with Gasteiger partial charge in [0.25, 0.3) is 0 Å². The van der Waals surface area contributed by atoms with Crippen LogP contribution in [0.2, 0.25) is 0 Å². The molecule has 2 unspecified atom stereocenters. The Labute approximate surface area is 108 Å². The molecule has 1 rings (SSSR count). The van der Waals surface area contributed by atoms with Crippen LogP contribution >= 0.6 is 0 Å². The standard InChI is InChI=1S/C12H24O6/c1-11-8-16-6-4-14-2-3-15-5-7-17-10-12(13)18-9-11/h11-13H,2-10H2,1H3. The molecule has 0 amide bonds. The van der Waals surface area contributed by atoms with Crippen LogP contribution in [0, 0.1) is 5.92 Å². The summed E-state index contributed by atoms with van der Waals surface area (Å²) < 4.78 is 26.5. The molecular formula is C12H24O6. The number of aliphatic hydroxyl groups is 1. The Morgan fingerprint density at radius 2 is 1.22 bits per heavy atom. The Balaban J connectivity index is 2.19. The summed E-state index contributed by atoms with van der Waals surface area (Å²) >= 11 is 0. The number of hydrogen-bond donors (Lipinski definition) is 1. The first-order chi connectivity index (χ1) is 8.79. The number of hydrogen-bond acceptors (Lipinski definition) is 6. The Morgan fingerprint density at radius 1 is 0.722 bits per heavy atom. The fraction of sp³-hybridized carbons (Fsp3) is 1.00. The van der Waals surface area contributed by atoms with Crippen molar-refractivity contribution in [3.8, 4) is 0 Å². The van der Waals surface area contributed by atoms with E-state index in [-0.39, 0.29) is 12.5 Å². The third kappa shape index (κ3) is 8.79. The van der Waals surface area contributed by atoms with Crippen molar-refractivity contribution >= 4 is 0 Å². The maximum atomic E-state index is 9.49. The molecule has 1 heterocycles. The van der Waals surface area contributed by atoms with E-state index >= 15 is 0 Å². The van der Waals surface area contributed by atoms with Crippen molar-refractivity contribution in [2.75, 3.05) is 59.5 Å². The molecule has 1 fully saturated rings. The lowest BCUT2D eigenvalue weighted by Gasteiger charge is -2.17. The molecule has 0 aromatic heterocycles. The van der Waals surface area contributed by atoms with E-state index in [4.69, 9.17) is 23.7 Å². The minimum absolute atomic E-state index is 0.160. The maximum Gasteiger partial charge on any atom is 0.178 e. The summed E-state index contributed by atoms with van der Waals surface area (Å²) in [5.74, 6) is 0.232. The van der Waals surface area contributed by atoms with Crippen LogP contribution in [0.1, 0.15) is 6.92 Å². The summed E-state index contributed by atoms with van der Waals surface area (Å²) in [5.41, 5.74) is 0. The van der Waals surface area contributed by atoms with E-state index in [0.29, 0.717) is 52.9 Å². The molecule has 108 valence electrons. The van der Waals surface area contributed by atoms with Gasteiger partial charge in [0.2, 0.25) is 0 Å². The summed E-state index contributed by atoms with van der Waals surface area (Å²) in [6.07, 6.45) is -0.885. The molecule has 0 radical (unpaired) electrons. The minimum Gasteiger partial charge on any atom is -0.379 e. The van der Waals surface area contributed by atoms with Crippen molar-refractivity contribution in [2.24, 2.45) is 5.92 Å². The third-order valence-corrected chi connectivity index (χ3v) is 2.35. The van der Waals surface area contributed by atoms with Gasteiger partial charge < -0.3 is 28.8 Å². The highest BCUT2D eigenvalue weighted by molar-refractivity contribution is 4.50. The lowest BCUT2D eigenvalue weighted by Crippen LogP contribution is -2.25. The summed E-state index contributed by atoms with van der Waals surface area (Å²) in [7, 11) is 0. The van der Waals surface area contributed by atoms with Gasteiger partial charge >= 0.3 is 0 Å². The van der Waals surface area contributed by atoms with Gasteiger partial charge in [-0.1, -0.05) is 6.92 Å². The van der Waals surface area contributed by atoms with Crippen molar-refractivity contribution < 1.29 is 28.8 Å². The quantitative estimate of drug-likeness (QED) is 0.666. The number of rotatable bonds is 0. The average Bonchev–Trinajstić information content (AvgIpc) is 2.36. The van der Waals surface area contributed by atoms with Crippen LogP contribution < -0.4 is 0 Å². The molecule has 0 spiro atoms. The van der Waals surface area contributed by atoms with E-state index in [1.165, 1.54) is 0 Å². The molecule has 0 aromatic carbocycles. The molecular weight excluding hydrogens is 240 g/mol. The second-order valence-corrected chi connectivity index (χ2v) is 4.27. The molecule has 0 bridgehead atoms. The highest BCUT2D eigenvalue weighted by Gasteiger charge is 2.09. The molecule has 6 heteroatoms. The van der Waals surface area contributed by atoms with Crippen molar-refractivity contribution in [3.63, 3.8) is 0 Å². The van der Waals surface area contributed by atoms with E-state index in [9.17, 15) is 5.11 Å². The number of ether oxygens (including phenoxy) is 5. The summed E-state index contributed by atoms with van der Waals surface area (Å²) in [6, 6.07) is 0. The smallest absolute Gasteiger partial charge is 0.178 e. The highest BCUT2D eigenvalue weighted by atomic mass is 16.6. The largest absolute Gasteiger partial charge is 0.379 e. The Hall–Kier alpha value is -0.240. The van der Waals surface area contributed by atoms with E-state index in [1.54, 1.807) is 0 Å². The molecule has 1 aliphatic heterocycles. The van der Waals surface area contributed by atoms with Gasteiger partial charge in [-0.2, -0.15) is 0 Å². The molecule has 0 aliphatic carbocycles. The predicted molar refractivity (Wildman–Crippen MR) is 64.4 cm³/mol. The zero-order chi connectivity index (χ0) is 13.1. The monoisotopic (exact) mass is 264 g/mol. The second-order valence-electron chi connectivity index (χ2n) is 4.27. The second kappa shape index (κ2) is 10.7. The van der Waals surface area contributed by atoms with E-state index < -0.39 is 6.29 Å². The van der Waals surface area contributed by atoms with Crippen LogP contribution in [-0.4, -0.2) is 70.9 Å². The van der Waals surface area contributed by atoms with Crippen LogP contribution in [-0.2, 0) is 23.7 Å². The van der Waals surface area contributed by atoms with Gasteiger partial charge in [-0.15, -0.1) is 0 Å². The molecule has 18 heavy (non-hydrogen) atoms. The average molecular weight is 264 g/mol. The highest BCUT2D eigenvalue weighted by Crippen LogP contribution is 2.00. The first-order valence-electron chi connectivity index (χ1n) is 6.39. The normalized spacial score (nSPS) is 31.0. The first-order valence-corrected chi connectivity index (χ1v) is 6.39. The molecule has 1 N–H and O–H groups in total. The molecule has 6 nitrogen and oxygen atoms in total. The zero-order valence-electron chi connectivity index (χ0n) is 11.0. The van der Waals surface area contributed by atoms with Gasteiger partial charge in [0, 0.05) is 5.92 Å². The van der Waals surface area contributed by atoms with Gasteiger partial charge in [-0.3, -0.25) is 0 Å².